The van der Waals surface area contributed by atoms with E-state index in [4.69, 9.17) is 5.73 Å². The summed E-state index contributed by atoms with van der Waals surface area (Å²) >= 11 is 0. The van der Waals surface area contributed by atoms with Crippen LogP contribution in [-0.2, 0) is 0 Å². The van der Waals surface area contributed by atoms with Crippen molar-refractivity contribution in [1.82, 2.24) is 0 Å². The number of benzene rings is 1. The van der Waals surface area contributed by atoms with E-state index in [1.165, 1.54) is 5.56 Å². The maximum absolute atomic E-state index is 12.7. The van der Waals surface area contributed by atoms with Crippen LogP contribution in [-0.4, -0.2) is 6.43 Å². The zero-order valence-corrected chi connectivity index (χ0v) is 11.7. The molecule has 0 saturated heterocycles. The molecule has 0 bridgehead atoms. The van der Waals surface area contributed by atoms with Crippen LogP contribution in [0.3, 0.4) is 0 Å². The van der Waals surface area contributed by atoms with Gasteiger partial charge in [0.05, 0.1) is 6.04 Å². The fourth-order valence-corrected chi connectivity index (χ4v) is 2.15. The van der Waals surface area contributed by atoms with Crippen molar-refractivity contribution in [3.63, 3.8) is 0 Å². The van der Waals surface area contributed by atoms with Crippen molar-refractivity contribution in [3.05, 3.63) is 33.4 Å². The first kappa shape index (κ1) is 16.3. The minimum atomic E-state index is -2.51. The second-order valence-electron chi connectivity index (χ2n) is 4.40. The summed E-state index contributed by atoms with van der Waals surface area (Å²) in [5.74, 6) is 0. The van der Waals surface area contributed by atoms with E-state index in [1.54, 1.807) is 0 Å². The predicted molar refractivity (Wildman–Crippen MR) is 70.3 cm³/mol. The lowest BCUT2D eigenvalue weighted by molar-refractivity contribution is 0.116. The Morgan fingerprint density at radius 2 is 1.06 bits per heavy atom. The summed E-state index contributed by atoms with van der Waals surface area (Å²) in [5, 5.41) is 0. The molecule has 2 N–H and O–H groups in total. The zero-order chi connectivity index (χ0) is 12.6. The number of alkyl halides is 2. The Balaban J connectivity index is 0.00000256. The van der Waals surface area contributed by atoms with Crippen LogP contribution in [0.15, 0.2) is 0 Å². The standard InChI is InChI=1S/C13H19F2N.ClH/c1-6-7(2)9(4)11(10(5)8(6)3)12(16)13(14)15;/h12-13H,16H2,1-5H3;1H/t12-;/m0./s1. The van der Waals surface area contributed by atoms with E-state index in [1.807, 2.05) is 34.6 Å². The zero-order valence-electron chi connectivity index (χ0n) is 10.9. The van der Waals surface area contributed by atoms with Crippen LogP contribution in [0.2, 0.25) is 0 Å². The minimum absolute atomic E-state index is 0. The van der Waals surface area contributed by atoms with E-state index in [-0.39, 0.29) is 12.4 Å². The summed E-state index contributed by atoms with van der Waals surface area (Å²) in [6, 6.07) is -1.18. The molecule has 0 unspecified atom stereocenters. The van der Waals surface area contributed by atoms with Crippen molar-refractivity contribution in [2.24, 2.45) is 5.73 Å². The van der Waals surface area contributed by atoms with Crippen LogP contribution in [0.5, 0.6) is 0 Å². The Hall–Kier alpha value is -0.670. The molecule has 0 aliphatic carbocycles. The maximum atomic E-state index is 12.7. The van der Waals surface area contributed by atoms with Gasteiger partial charge >= 0.3 is 0 Å². The molecule has 0 saturated carbocycles. The number of hydrogen-bond donors (Lipinski definition) is 1. The summed E-state index contributed by atoms with van der Waals surface area (Å²) in [5.41, 5.74) is 11.3. The highest BCUT2D eigenvalue weighted by Crippen LogP contribution is 2.31. The van der Waals surface area contributed by atoms with Crippen LogP contribution in [0, 0.1) is 34.6 Å². The molecule has 0 fully saturated rings. The third kappa shape index (κ3) is 2.78. The first-order valence-corrected chi connectivity index (χ1v) is 5.39. The Morgan fingerprint density at radius 3 is 1.35 bits per heavy atom. The first-order valence-electron chi connectivity index (χ1n) is 5.39. The summed E-state index contributed by atoms with van der Waals surface area (Å²) in [6.45, 7) is 9.67. The Bertz CT molecular complexity index is 387. The lowest BCUT2D eigenvalue weighted by atomic mass is 9.86. The lowest BCUT2D eigenvalue weighted by Crippen LogP contribution is -2.22. The Labute approximate surface area is 108 Å². The van der Waals surface area contributed by atoms with Gasteiger partial charge in [-0.15, -0.1) is 12.4 Å². The van der Waals surface area contributed by atoms with Gasteiger partial charge in [-0.2, -0.15) is 0 Å². The molecule has 0 aliphatic rings. The molecule has 98 valence electrons. The first-order chi connectivity index (χ1) is 7.29. The van der Waals surface area contributed by atoms with E-state index < -0.39 is 12.5 Å². The second-order valence-corrected chi connectivity index (χ2v) is 4.40. The number of nitrogens with two attached hydrogens (primary N) is 1. The molecule has 1 nitrogen and oxygen atoms in total. The van der Waals surface area contributed by atoms with E-state index in [0.717, 1.165) is 22.3 Å². The van der Waals surface area contributed by atoms with Crippen LogP contribution >= 0.6 is 12.4 Å². The van der Waals surface area contributed by atoms with E-state index in [0.29, 0.717) is 5.56 Å². The second kappa shape index (κ2) is 5.78. The van der Waals surface area contributed by atoms with Crippen LogP contribution in [0.4, 0.5) is 8.78 Å². The average molecular weight is 264 g/mol. The largest absolute Gasteiger partial charge is 0.319 e. The van der Waals surface area contributed by atoms with Crippen LogP contribution < -0.4 is 5.73 Å². The molecule has 1 aromatic rings. The molecular weight excluding hydrogens is 244 g/mol. The van der Waals surface area contributed by atoms with Gasteiger partial charge in [-0.3, -0.25) is 0 Å². The quantitative estimate of drug-likeness (QED) is 0.860. The highest BCUT2D eigenvalue weighted by Gasteiger charge is 2.23. The number of hydrogen-bond acceptors (Lipinski definition) is 1. The van der Waals surface area contributed by atoms with Crippen molar-refractivity contribution in [2.75, 3.05) is 0 Å². The van der Waals surface area contributed by atoms with E-state index in [9.17, 15) is 8.78 Å². The number of rotatable bonds is 2. The SMILES string of the molecule is Cc1c(C)c(C)c([C@H](N)C(F)F)c(C)c1C.Cl. The van der Waals surface area contributed by atoms with Crippen LogP contribution in [0.25, 0.3) is 0 Å². The van der Waals surface area contributed by atoms with Gasteiger partial charge in [0.1, 0.15) is 0 Å². The lowest BCUT2D eigenvalue weighted by Gasteiger charge is -2.22. The predicted octanol–water partition coefficient (Wildman–Crippen LogP) is 3.92. The topological polar surface area (TPSA) is 26.0 Å². The maximum Gasteiger partial charge on any atom is 0.257 e. The molecule has 0 aromatic heterocycles. The van der Waals surface area contributed by atoms with Gasteiger partial charge in [-0.25, -0.2) is 8.78 Å². The summed E-state index contributed by atoms with van der Waals surface area (Å²) in [4.78, 5) is 0. The fourth-order valence-electron chi connectivity index (χ4n) is 2.15. The molecule has 0 radical (unpaired) electrons. The number of halogens is 3. The molecule has 1 aromatic carbocycles. The molecule has 0 amide bonds. The van der Waals surface area contributed by atoms with Gasteiger partial charge < -0.3 is 5.73 Å². The van der Waals surface area contributed by atoms with Gasteiger partial charge in [0.15, 0.2) is 0 Å². The molecule has 0 heterocycles. The third-order valence-corrected chi connectivity index (χ3v) is 3.66. The highest BCUT2D eigenvalue weighted by molar-refractivity contribution is 5.85. The summed E-state index contributed by atoms with van der Waals surface area (Å²) < 4.78 is 25.4. The van der Waals surface area contributed by atoms with Gasteiger partial charge in [-0.1, -0.05) is 0 Å². The monoisotopic (exact) mass is 263 g/mol. The fraction of sp³-hybridized carbons (Fsp3) is 0.538. The van der Waals surface area contributed by atoms with E-state index >= 15 is 0 Å². The molecule has 1 rings (SSSR count). The molecule has 17 heavy (non-hydrogen) atoms. The normalized spacial score (nSPS) is 12.5. The molecule has 0 aliphatic heterocycles. The van der Waals surface area contributed by atoms with Crippen molar-refractivity contribution in [3.8, 4) is 0 Å². The molecular formula is C13H20ClF2N. The van der Waals surface area contributed by atoms with Gasteiger partial charge in [-0.05, 0) is 68.0 Å². The van der Waals surface area contributed by atoms with Crippen molar-refractivity contribution >= 4 is 12.4 Å². The highest BCUT2D eigenvalue weighted by atomic mass is 35.5. The summed E-state index contributed by atoms with van der Waals surface area (Å²) in [6.07, 6.45) is -2.51. The summed E-state index contributed by atoms with van der Waals surface area (Å²) in [7, 11) is 0. The smallest absolute Gasteiger partial charge is 0.257 e. The minimum Gasteiger partial charge on any atom is -0.319 e. The third-order valence-electron chi connectivity index (χ3n) is 3.66. The Morgan fingerprint density at radius 1 is 0.765 bits per heavy atom. The van der Waals surface area contributed by atoms with Gasteiger partial charge in [0.2, 0.25) is 0 Å². The van der Waals surface area contributed by atoms with Crippen LogP contribution in [0.1, 0.15) is 39.4 Å². The van der Waals surface area contributed by atoms with Gasteiger partial charge in [0.25, 0.3) is 6.43 Å². The van der Waals surface area contributed by atoms with Crippen molar-refractivity contribution in [1.29, 1.82) is 0 Å². The van der Waals surface area contributed by atoms with Gasteiger partial charge in [0, 0.05) is 0 Å². The average Bonchev–Trinajstić information content (AvgIpc) is 2.23. The van der Waals surface area contributed by atoms with Crippen molar-refractivity contribution in [2.45, 2.75) is 47.1 Å². The van der Waals surface area contributed by atoms with E-state index in [2.05, 4.69) is 0 Å². The molecule has 4 heteroatoms. The molecule has 0 spiro atoms. The Kier molecular flexibility index (Phi) is 5.56. The van der Waals surface area contributed by atoms with Crippen molar-refractivity contribution < 1.29 is 8.78 Å². The molecule has 1 atom stereocenters.